The molecule has 0 radical (unpaired) electrons. The van der Waals surface area contributed by atoms with Crippen molar-refractivity contribution in [3.8, 4) is 0 Å². The van der Waals surface area contributed by atoms with E-state index in [1.807, 2.05) is 6.07 Å². The highest BCUT2D eigenvalue weighted by molar-refractivity contribution is 5.69. The van der Waals surface area contributed by atoms with Crippen LogP contribution in [0.1, 0.15) is 25.3 Å². The van der Waals surface area contributed by atoms with E-state index in [2.05, 4.69) is 11.8 Å². The molecule has 1 aromatic rings. The van der Waals surface area contributed by atoms with Crippen molar-refractivity contribution in [1.82, 2.24) is 0 Å². The zero-order valence-electron chi connectivity index (χ0n) is 11.9. The number of hydrogen-bond donors (Lipinski definition) is 1. The average molecular weight is 266 g/mol. The maximum absolute atomic E-state index is 13.5. The van der Waals surface area contributed by atoms with Crippen molar-refractivity contribution < 1.29 is 9.13 Å². The molecule has 0 aromatic heterocycles. The predicted octanol–water partition coefficient (Wildman–Crippen LogP) is 2.97. The predicted molar refractivity (Wildman–Crippen MR) is 77.0 cm³/mol. The van der Waals surface area contributed by atoms with E-state index in [1.165, 1.54) is 18.9 Å². The van der Waals surface area contributed by atoms with Crippen molar-refractivity contribution in [2.24, 2.45) is 5.92 Å². The molecule has 1 saturated carbocycles. The van der Waals surface area contributed by atoms with Gasteiger partial charge in [0, 0.05) is 19.7 Å². The summed E-state index contributed by atoms with van der Waals surface area (Å²) in [5.74, 6) is 0.480. The first-order valence-electron chi connectivity index (χ1n) is 6.85. The number of hydrogen-bond acceptors (Lipinski definition) is 3. The Morgan fingerprint density at radius 3 is 2.74 bits per heavy atom. The first-order chi connectivity index (χ1) is 9.04. The molecule has 4 heteroatoms. The van der Waals surface area contributed by atoms with Gasteiger partial charge in [0.15, 0.2) is 0 Å². The second-order valence-electron chi connectivity index (χ2n) is 5.42. The van der Waals surface area contributed by atoms with Crippen LogP contribution in [0.2, 0.25) is 0 Å². The molecule has 1 aliphatic rings. The minimum absolute atomic E-state index is 0.244. The molecule has 1 aliphatic carbocycles. The standard InChI is InChI=1S/C15H23FN2O/c1-10-8-15(14(17)9-13(10)16)18(6-7-19-3)11(2)12-4-5-12/h8-9,11-12H,4-7,17H2,1-3H3. The molecule has 0 amide bonds. The Labute approximate surface area is 114 Å². The number of halogens is 1. The molecule has 0 bridgehead atoms. The van der Waals surface area contributed by atoms with Gasteiger partial charge in [-0.2, -0.15) is 0 Å². The van der Waals surface area contributed by atoms with E-state index in [0.717, 1.165) is 18.2 Å². The van der Waals surface area contributed by atoms with Gasteiger partial charge in [-0.15, -0.1) is 0 Å². The van der Waals surface area contributed by atoms with Gasteiger partial charge in [0.2, 0.25) is 0 Å². The summed E-state index contributed by atoms with van der Waals surface area (Å²) in [5.41, 5.74) is 8.07. The lowest BCUT2D eigenvalue weighted by atomic mass is 10.1. The lowest BCUT2D eigenvalue weighted by molar-refractivity contribution is 0.203. The first-order valence-corrected chi connectivity index (χ1v) is 6.85. The highest BCUT2D eigenvalue weighted by atomic mass is 19.1. The zero-order valence-corrected chi connectivity index (χ0v) is 11.9. The van der Waals surface area contributed by atoms with Crippen LogP contribution in [0.15, 0.2) is 12.1 Å². The van der Waals surface area contributed by atoms with Crippen LogP contribution in [0.3, 0.4) is 0 Å². The van der Waals surface area contributed by atoms with Gasteiger partial charge in [0.1, 0.15) is 5.82 Å². The number of nitrogens with two attached hydrogens (primary N) is 1. The van der Waals surface area contributed by atoms with Crippen molar-refractivity contribution in [2.45, 2.75) is 32.7 Å². The van der Waals surface area contributed by atoms with E-state index < -0.39 is 0 Å². The maximum Gasteiger partial charge on any atom is 0.128 e. The fraction of sp³-hybridized carbons (Fsp3) is 0.600. The minimum atomic E-state index is -0.244. The summed E-state index contributed by atoms with van der Waals surface area (Å²) in [6, 6.07) is 3.69. The van der Waals surface area contributed by atoms with E-state index in [4.69, 9.17) is 10.5 Å². The average Bonchev–Trinajstić information content (AvgIpc) is 3.19. The van der Waals surface area contributed by atoms with Crippen molar-refractivity contribution in [3.05, 3.63) is 23.5 Å². The van der Waals surface area contributed by atoms with Crippen molar-refractivity contribution in [3.63, 3.8) is 0 Å². The lowest BCUT2D eigenvalue weighted by Gasteiger charge is -2.32. The molecular formula is C15H23FN2O. The molecule has 0 spiro atoms. The fourth-order valence-corrected chi connectivity index (χ4v) is 2.50. The molecule has 0 saturated heterocycles. The summed E-state index contributed by atoms with van der Waals surface area (Å²) in [7, 11) is 1.69. The highest BCUT2D eigenvalue weighted by Crippen LogP contribution is 2.38. The topological polar surface area (TPSA) is 38.5 Å². The summed E-state index contributed by atoms with van der Waals surface area (Å²) < 4.78 is 18.7. The quantitative estimate of drug-likeness (QED) is 0.804. The molecule has 2 N–H and O–H groups in total. The van der Waals surface area contributed by atoms with Crippen molar-refractivity contribution in [1.29, 1.82) is 0 Å². The fourth-order valence-electron chi connectivity index (χ4n) is 2.50. The SMILES string of the molecule is COCCN(c1cc(C)c(F)cc1N)C(C)C1CC1. The van der Waals surface area contributed by atoms with Gasteiger partial charge in [-0.1, -0.05) is 0 Å². The normalized spacial score (nSPS) is 16.4. The van der Waals surface area contributed by atoms with Crippen LogP contribution in [0, 0.1) is 18.7 Å². The molecular weight excluding hydrogens is 243 g/mol. The van der Waals surface area contributed by atoms with Crippen LogP contribution in [0.25, 0.3) is 0 Å². The Morgan fingerprint density at radius 2 is 2.16 bits per heavy atom. The molecule has 106 valence electrons. The van der Waals surface area contributed by atoms with Crippen LogP contribution < -0.4 is 10.6 Å². The van der Waals surface area contributed by atoms with E-state index >= 15 is 0 Å². The Hall–Kier alpha value is -1.29. The third kappa shape index (κ3) is 3.18. The summed E-state index contributed by atoms with van der Waals surface area (Å²) in [6.45, 7) is 5.41. The minimum Gasteiger partial charge on any atom is -0.397 e. The second kappa shape index (κ2) is 5.78. The molecule has 1 fully saturated rings. The number of anilines is 2. The maximum atomic E-state index is 13.5. The molecule has 1 atom stereocenters. The summed E-state index contributed by atoms with van der Waals surface area (Å²) >= 11 is 0. The van der Waals surface area contributed by atoms with E-state index in [0.29, 0.717) is 23.9 Å². The van der Waals surface area contributed by atoms with Crippen LogP contribution in [0.4, 0.5) is 15.8 Å². The van der Waals surface area contributed by atoms with Gasteiger partial charge in [0.05, 0.1) is 18.0 Å². The van der Waals surface area contributed by atoms with Crippen LogP contribution in [0.5, 0.6) is 0 Å². The van der Waals surface area contributed by atoms with Crippen LogP contribution in [-0.4, -0.2) is 26.3 Å². The van der Waals surface area contributed by atoms with E-state index in [9.17, 15) is 4.39 Å². The number of aryl methyl sites for hydroxylation is 1. The number of methoxy groups -OCH3 is 1. The number of ether oxygens (including phenoxy) is 1. The molecule has 1 unspecified atom stereocenters. The first kappa shape index (κ1) is 14.1. The van der Waals surface area contributed by atoms with Gasteiger partial charge in [-0.25, -0.2) is 4.39 Å². The zero-order chi connectivity index (χ0) is 14.0. The molecule has 0 heterocycles. The third-order valence-corrected chi connectivity index (χ3v) is 3.95. The molecule has 0 aliphatic heterocycles. The molecule has 1 aromatic carbocycles. The van der Waals surface area contributed by atoms with Crippen LogP contribution in [-0.2, 0) is 4.74 Å². The van der Waals surface area contributed by atoms with Gasteiger partial charge >= 0.3 is 0 Å². The Bertz CT molecular complexity index is 446. The Balaban J connectivity index is 2.28. The molecule has 19 heavy (non-hydrogen) atoms. The van der Waals surface area contributed by atoms with Gasteiger partial charge in [-0.05, 0) is 50.3 Å². The Morgan fingerprint density at radius 1 is 1.47 bits per heavy atom. The summed E-state index contributed by atoms with van der Waals surface area (Å²) in [5, 5.41) is 0. The third-order valence-electron chi connectivity index (χ3n) is 3.95. The van der Waals surface area contributed by atoms with Gasteiger partial charge in [0.25, 0.3) is 0 Å². The largest absolute Gasteiger partial charge is 0.397 e. The van der Waals surface area contributed by atoms with E-state index in [1.54, 1.807) is 14.0 Å². The molecule has 2 rings (SSSR count). The van der Waals surface area contributed by atoms with Crippen LogP contribution >= 0.6 is 0 Å². The van der Waals surface area contributed by atoms with E-state index in [-0.39, 0.29) is 5.82 Å². The summed E-state index contributed by atoms with van der Waals surface area (Å²) in [4.78, 5) is 2.25. The van der Waals surface area contributed by atoms with Crippen molar-refractivity contribution >= 4 is 11.4 Å². The lowest BCUT2D eigenvalue weighted by Crippen LogP contribution is -2.37. The van der Waals surface area contributed by atoms with Crippen molar-refractivity contribution in [2.75, 3.05) is 30.9 Å². The van der Waals surface area contributed by atoms with Gasteiger partial charge < -0.3 is 15.4 Å². The summed E-state index contributed by atoms with van der Waals surface area (Å²) in [6.07, 6.45) is 2.54. The number of nitrogen functional groups attached to an aromatic ring is 1. The number of rotatable bonds is 6. The van der Waals surface area contributed by atoms with Gasteiger partial charge in [-0.3, -0.25) is 0 Å². The molecule has 3 nitrogen and oxygen atoms in total. The smallest absolute Gasteiger partial charge is 0.128 e. The Kier molecular flexibility index (Phi) is 4.30. The number of benzene rings is 1. The second-order valence-corrected chi connectivity index (χ2v) is 5.42. The number of nitrogens with zero attached hydrogens (tertiary/aromatic N) is 1. The monoisotopic (exact) mass is 266 g/mol. The highest BCUT2D eigenvalue weighted by Gasteiger charge is 2.32.